The van der Waals surface area contributed by atoms with Gasteiger partial charge in [-0.25, -0.2) is 9.78 Å². The van der Waals surface area contributed by atoms with Crippen LogP contribution in [0.4, 0.5) is 18.9 Å². The Hall–Kier alpha value is -3.08. The molecule has 1 heterocycles. The number of pyridine rings is 1. The number of carbonyl (C=O) groups excluding carboxylic acids is 1. The molecule has 0 aliphatic heterocycles. The summed E-state index contributed by atoms with van der Waals surface area (Å²) in [4.78, 5) is 25.7. The number of nitro benzene ring substituents is 1. The largest absolute Gasteiger partial charge is 0.472 e. The van der Waals surface area contributed by atoms with Crippen molar-refractivity contribution >= 4 is 23.3 Å². The van der Waals surface area contributed by atoms with Crippen LogP contribution in [0.5, 0.6) is 17.4 Å². The molecule has 8 nitrogen and oxygen atoms in total. The summed E-state index contributed by atoms with van der Waals surface area (Å²) in [5, 5.41) is 10.8. The molecule has 0 saturated heterocycles. The Balaban J connectivity index is 2.31. The maximum Gasteiger partial charge on any atom is 0.417 e. The molecule has 0 fully saturated rings. The highest BCUT2D eigenvalue weighted by molar-refractivity contribution is 6.31. The number of carbonyl (C=O) groups is 1. The molecule has 0 bridgehead atoms. The molecule has 0 N–H and O–H groups in total. The summed E-state index contributed by atoms with van der Waals surface area (Å²) < 4.78 is 53.4. The Labute approximate surface area is 167 Å². The molecule has 2 rings (SSSR count). The Kier molecular flexibility index (Phi) is 6.85. The summed E-state index contributed by atoms with van der Waals surface area (Å²) in [5.41, 5.74) is -1.52. The highest BCUT2D eigenvalue weighted by Gasteiger charge is 2.32. The predicted molar refractivity (Wildman–Crippen MR) is 94.1 cm³/mol. The van der Waals surface area contributed by atoms with E-state index in [2.05, 4.69) is 4.98 Å². The molecule has 1 unspecified atom stereocenters. The summed E-state index contributed by atoms with van der Waals surface area (Å²) >= 11 is 5.78. The Morgan fingerprint density at radius 2 is 2.03 bits per heavy atom. The van der Waals surface area contributed by atoms with E-state index in [0.29, 0.717) is 12.3 Å². The first-order valence-corrected chi connectivity index (χ1v) is 8.43. The second-order valence-electron chi connectivity index (χ2n) is 5.51. The third-order valence-corrected chi connectivity index (χ3v) is 3.67. The van der Waals surface area contributed by atoms with Gasteiger partial charge in [-0.15, -0.1) is 0 Å². The van der Waals surface area contributed by atoms with E-state index in [-0.39, 0.29) is 24.0 Å². The van der Waals surface area contributed by atoms with E-state index in [0.717, 1.165) is 12.1 Å². The smallest absolute Gasteiger partial charge is 0.417 e. The first-order chi connectivity index (χ1) is 13.5. The zero-order chi connectivity index (χ0) is 21.8. The Morgan fingerprint density at radius 1 is 1.34 bits per heavy atom. The van der Waals surface area contributed by atoms with Crippen LogP contribution in [0.3, 0.4) is 0 Å². The highest BCUT2D eigenvalue weighted by Crippen LogP contribution is 2.37. The van der Waals surface area contributed by atoms with Gasteiger partial charge in [0, 0.05) is 18.3 Å². The van der Waals surface area contributed by atoms with Gasteiger partial charge in [0.05, 0.1) is 17.1 Å². The quantitative estimate of drug-likeness (QED) is 0.351. The van der Waals surface area contributed by atoms with E-state index in [1.165, 1.54) is 13.0 Å². The fourth-order valence-corrected chi connectivity index (χ4v) is 2.27. The molecule has 29 heavy (non-hydrogen) atoms. The van der Waals surface area contributed by atoms with Gasteiger partial charge in [-0.2, -0.15) is 13.2 Å². The lowest BCUT2D eigenvalue weighted by Crippen LogP contribution is -2.26. The predicted octanol–water partition coefficient (Wildman–Crippen LogP) is 4.78. The highest BCUT2D eigenvalue weighted by atomic mass is 35.5. The average Bonchev–Trinajstić information content (AvgIpc) is 2.62. The summed E-state index contributed by atoms with van der Waals surface area (Å²) in [6.45, 7) is 3.02. The minimum absolute atomic E-state index is 0.0594. The van der Waals surface area contributed by atoms with Gasteiger partial charge in [0.25, 0.3) is 0 Å². The molecule has 0 amide bonds. The standard InChI is InChI=1S/C17H14ClF3N2O6/c1-3-27-16(24)9(2)28-14-7-11(4-5-13(14)23(25)26)29-15-12(18)6-10(8-22-15)17(19,20)21/h4-9H,3H2,1-2H3. The van der Waals surface area contributed by atoms with Crippen molar-refractivity contribution in [2.75, 3.05) is 6.61 Å². The van der Waals surface area contributed by atoms with Gasteiger partial charge in [-0.1, -0.05) is 11.6 Å². The van der Waals surface area contributed by atoms with Crippen molar-refractivity contribution in [2.45, 2.75) is 26.1 Å². The minimum Gasteiger partial charge on any atom is -0.472 e. The molecule has 0 radical (unpaired) electrons. The van der Waals surface area contributed by atoms with E-state index in [9.17, 15) is 28.1 Å². The van der Waals surface area contributed by atoms with Crippen molar-refractivity contribution in [2.24, 2.45) is 0 Å². The molecular formula is C17H14ClF3N2O6. The number of halogens is 4. The van der Waals surface area contributed by atoms with Crippen LogP contribution in [0.1, 0.15) is 19.4 Å². The Bertz CT molecular complexity index is 923. The second-order valence-corrected chi connectivity index (χ2v) is 5.92. The van der Waals surface area contributed by atoms with E-state index in [1.54, 1.807) is 6.92 Å². The monoisotopic (exact) mass is 434 g/mol. The molecule has 0 aliphatic rings. The lowest BCUT2D eigenvalue weighted by Gasteiger charge is -2.14. The fraction of sp³-hybridized carbons (Fsp3) is 0.294. The lowest BCUT2D eigenvalue weighted by atomic mass is 10.2. The number of aromatic nitrogens is 1. The third kappa shape index (κ3) is 5.70. The molecule has 1 atom stereocenters. The van der Waals surface area contributed by atoms with Crippen molar-refractivity contribution < 1.29 is 37.1 Å². The zero-order valence-electron chi connectivity index (χ0n) is 15.0. The van der Waals surface area contributed by atoms with Crippen molar-refractivity contribution in [3.63, 3.8) is 0 Å². The molecule has 0 spiro atoms. The topological polar surface area (TPSA) is 101 Å². The summed E-state index contributed by atoms with van der Waals surface area (Å²) in [7, 11) is 0. The number of ether oxygens (including phenoxy) is 3. The number of hydrogen-bond donors (Lipinski definition) is 0. The number of alkyl halides is 3. The van der Waals surface area contributed by atoms with Crippen molar-refractivity contribution in [1.82, 2.24) is 4.98 Å². The lowest BCUT2D eigenvalue weighted by molar-refractivity contribution is -0.386. The Morgan fingerprint density at radius 3 is 2.59 bits per heavy atom. The second kappa shape index (κ2) is 8.95. The number of esters is 1. The summed E-state index contributed by atoms with van der Waals surface area (Å²) in [6, 6.07) is 3.94. The minimum atomic E-state index is -4.63. The molecule has 1 aromatic heterocycles. The molecule has 1 aromatic carbocycles. The van der Waals surface area contributed by atoms with Crippen LogP contribution in [-0.4, -0.2) is 28.6 Å². The van der Waals surface area contributed by atoms with Crippen LogP contribution in [-0.2, 0) is 15.7 Å². The van der Waals surface area contributed by atoms with Gasteiger partial charge < -0.3 is 14.2 Å². The summed E-state index contributed by atoms with van der Waals surface area (Å²) in [6.07, 6.45) is -5.25. The normalized spacial score (nSPS) is 12.2. The van der Waals surface area contributed by atoms with Crippen molar-refractivity contribution in [1.29, 1.82) is 0 Å². The third-order valence-electron chi connectivity index (χ3n) is 3.40. The number of nitrogens with zero attached hydrogens (tertiary/aromatic N) is 2. The maximum absolute atomic E-state index is 12.7. The van der Waals surface area contributed by atoms with E-state index in [1.807, 2.05) is 0 Å². The van der Waals surface area contributed by atoms with Crippen molar-refractivity contribution in [3.05, 3.63) is 51.2 Å². The van der Waals surface area contributed by atoms with Gasteiger partial charge in [0.2, 0.25) is 11.6 Å². The van der Waals surface area contributed by atoms with Crippen LogP contribution in [0.15, 0.2) is 30.5 Å². The van der Waals surface area contributed by atoms with Gasteiger partial charge in [0.1, 0.15) is 10.8 Å². The molecule has 156 valence electrons. The number of benzene rings is 1. The average molecular weight is 435 g/mol. The zero-order valence-corrected chi connectivity index (χ0v) is 15.8. The number of rotatable bonds is 7. The number of hydrogen-bond acceptors (Lipinski definition) is 7. The first-order valence-electron chi connectivity index (χ1n) is 8.05. The summed E-state index contributed by atoms with van der Waals surface area (Å²) in [5.74, 6) is -1.45. The maximum atomic E-state index is 12.7. The van der Waals surface area contributed by atoms with Crippen LogP contribution in [0.2, 0.25) is 5.02 Å². The molecule has 0 aliphatic carbocycles. The van der Waals surface area contributed by atoms with Gasteiger partial charge >= 0.3 is 17.8 Å². The first kappa shape index (κ1) is 22.2. The van der Waals surface area contributed by atoms with E-state index in [4.69, 9.17) is 25.8 Å². The van der Waals surface area contributed by atoms with E-state index < -0.39 is 39.4 Å². The molecule has 0 saturated carbocycles. The van der Waals surface area contributed by atoms with Gasteiger partial charge in [-0.05, 0) is 26.0 Å². The van der Waals surface area contributed by atoms with E-state index >= 15 is 0 Å². The molecule has 2 aromatic rings. The van der Waals surface area contributed by atoms with Crippen molar-refractivity contribution in [3.8, 4) is 17.4 Å². The molecular weight excluding hydrogens is 421 g/mol. The van der Waals surface area contributed by atoms with Gasteiger partial charge in [0.15, 0.2) is 6.10 Å². The molecule has 12 heteroatoms. The van der Waals surface area contributed by atoms with Gasteiger partial charge in [-0.3, -0.25) is 10.1 Å². The van der Waals surface area contributed by atoms with Crippen LogP contribution in [0.25, 0.3) is 0 Å². The fourth-order valence-electron chi connectivity index (χ4n) is 2.07. The van der Waals surface area contributed by atoms with Crippen LogP contribution >= 0.6 is 11.6 Å². The number of nitro groups is 1. The SMILES string of the molecule is CCOC(=O)C(C)Oc1cc(Oc2ncc(C(F)(F)F)cc2Cl)ccc1[N+](=O)[O-]. The van der Waals surface area contributed by atoms with Crippen LogP contribution < -0.4 is 9.47 Å². The van der Waals surface area contributed by atoms with Crippen LogP contribution in [0, 0.1) is 10.1 Å².